The Morgan fingerprint density at radius 3 is 2.23 bits per heavy atom. The molecule has 0 unspecified atom stereocenters. The van der Waals surface area contributed by atoms with Crippen LogP contribution in [-0.2, 0) is 20.7 Å². The number of carbonyl (C=O) groups excluding carboxylic acids is 2. The van der Waals surface area contributed by atoms with E-state index in [2.05, 4.69) is 0 Å². The van der Waals surface area contributed by atoms with E-state index in [0.29, 0.717) is 36.3 Å². The van der Waals surface area contributed by atoms with Crippen LogP contribution in [0.2, 0.25) is 5.02 Å². The van der Waals surface area contributed by atoms with E-state index in [1.807, 2.05) is 38.1 Å². The molecule has 0 aliphatic carbocycles. The molecule has 0 radical (unpaired) electrons. The van der Waals surface area contributed by atoms with Crippen LogP contribution >= 0.6 is 11.6 Å². The Kier molecular flexibility index (Phi) is 8.63. The first-order chi connectivity index (χ1) is 14.7. The number of hydrogen-bond acceptors (Lipinski definition) is 4. The Morgan fingerprint density at radius 2 is 1.65 bits per heavy atom. The maximum absolute atomic E-state index is 12.9. The van der Waals surface area contributed by atoms with Crippen molar-refractivity contribution in [2.24, 2.45) is 0 Å². The number of aliphatic carboxylic acids is 1. The Bertz CT molecular complexity index is 922. The van der Waals surface area contributed by atoms with Crippen LogP contribution in [0.25, 0.3) is 0 Å². The number of carboxylic acid groups (broad SMARTS) is 1. The van der Waals surface area contributed by atoms with Gasteiger partial charge in [0.1, 0.15) is 12.0 Å². The summed E-state index contributed by atoms with van der Waals surface area (Å²) < 4.78 is 5.58. The van der Waals surface area contributed by atoms with Gasteiger partial charge >= 0.3 is 11.9 Å². The highest BCUT2D eigenvalue weighted by Crippen LogP contribution is 2.30. The molecule has 1 N–H and O–H groups in total. The first-order valence-electron chi connectivity index (χ1n) is 10.3. The zero-order chi connectivity index (χ0) is 23.0. The molecule has 1 amide bonds. The monoisotopic (exact) mass is 445 g/mol. The van der Waals surface area contributed by atoms with Crippen molar-refractivity contribution in [3.05, 3.63) is 64.7 Å². The second kappa shape index (κ2) is 11.0. The molecule has 0 aliphatic heterocycles. The van der Waals surface area contributed by atoms with Gasteiger partial charge in [-0.25, -0.2) is 0 Å². The summed E-state index contributed by atoms with van der Waals surface area (Å²) in [6, 6.07) is 14.3. The van der Waals surface area contributed by atoms with Crippen LogP contribution in [0.3, 0.4) is 0 Å². The van der Waals surface area contributed by atoms with Crippen molar-refractivity contribution < 1.29 is 24.2 Å². The SMILES string of the molecule is CCC(CC)(CCc1ccccc1N(C)C(=O)c1ccc(Cl)cc1)OC(=O)CC(=O)O. The second-order valence-corrected chi connectivity index (χ2v) is 7.87. The normalized spacial score (nSPS) is 11.1. The quantitative estimate of drug-likeness (QED) is 0.405. The molecule has 0 saturated carbocycles. The molecule has 0 bridgehead atoms. The summed E-state index contributed by atoms with van der Waals surface area (Å²) in [7, 11) is 1.72. The van der Waals surface area contributed by atoms with Gasteiger partial charge in [0.05, 0.1) is 0 Å². The molecule has 2 rings (SSSR count). The van der Waals surface area contributed by atoms with Crippen molar-refractivity contribution >= 4 is 35.1 Å². The van der Waals surface area contributed by atoms with Crippen molar-refractivity contribution in [1.29, 1.82) is 0 Å². The molecule has 31 heavy (non-hydrogen) atoms. The first kappa shape index (κ1) is 24.4. The minimum Gasteiger partial charge on any atom is -0.481 e. The molecular formula is C24H28ClNO5. The van der Waals surface area contributed by atoms with Crippen molar-refractivity contribution in [2.45, 2.75) is 51.6 Å². The lowest BCUT2D eigenvalue weighted by molar-refractivity contribution is -0.165. The molecule has 0 aliphatic rings. The molecule has 0 heterocycles. The summed E-state index contributed by atoms with van der Waals surface area (Å²) in [5.74, 6) is -2.10. The van der Waals surface area contributed by atoms with Gasteiger partial charge in [0, 0.05) is 23.3 Å². The highest BCUT2D eigenvalue weighted by molar-refractivity contribution is 6.30. The third-order valence-electron chi connectivity index (χ3n) is 5.51. The highest BCUT2D eigenvalue weighted by atomic mass is 35.5. The summed E-state index contributed by atoms with van der Waals surface area (Å²) in [6.07, 6.45) is 1.56. The molecule has 6 nitrogen and oxygen atoms in total. The number of aryl methyl sites for hydroxylation is 1. The summed E-state index contributed by atoms with van der Waals surface area (Å²) in [6.45, 7) is 3.83. The lowest BCUT2D eigenvalue weighted by Gasteiger charge is -2.32. The van der Waals surface area contributed by atoms with Crippen molar-refractivity contribution in [3.63, 3.8) is 0 Å². The predicted molar refractivity (Wildman–Crippen MR) is 121 cm³/mol. The number of amides is 1. The smallest absolute Gasteiger partial charge is 0.317 e. The number of nitrogens with zero attached hydrogens (tertiary/aromatic N) is 1. The van der Waals surface area contributed by atoms with Crippen molar-refractivity contribution in [1.82, 2.24) is 0 Å². The standard InChI is InChI=1S/C24H28ClNO5/c1-4-24(5-2,31-22(29)16-21(27)28)15-14-17-8-6-7-9-20(17)26(3)23(30)18-10-12-19(25)13-11-18/h6-13H,4-5,14-16H2,1-3H3,(H,27,28). The third kappa shape index (κ3) is 6.56. The first-order valence-corrected chi connectivity index (χ1v) is 10.6. The number of halogens is 1. The molecule has 2 aromatic rings. The largest absolute Gasteiger partial charge is 0.481 e. The number of benzene rings is 2. The van der Waals surface area contributed by atoms with E-state index in [4.69, 9.17) is 21.4 Å². The number of hydrogen-bond donors (Lipinski definition) is 1. The fourth-order valence-electron chi connectivity index (χ4n) is 3.51. The number of carboxylic acids is 1. The van der Waals surface area contributed by atoms with Crippen molar-refractivity contribution in [2.75, 3.05) is 11.9 Å². The average Bonchev–Trinajstić information content (AvgIpc) is 2.76. The molecule has 166 valence electrons. The fourth-order valence-corrected chi connectivity index (χ4v) is 3.63. The lowest BCUT2D eigenvalue weighted by atomic mass is 9.89. The van der Waals surface area contributed by atoms with Crippen LogP contribution in [0.15, 0.2) is 48.5 Å². The molecule has 0 saturated heterocycles. The zero-order valence-corrected chi connectivity index (χ0v) is 18.8. The minimum atomic E-state index is -1.21. The molecular weight excluding hydrogens is 418 g/mol. The lowest BCUT2D eigenvalue weighted by Crippen LogP contribution is -2.35. The highest BCUT2D eigenvalue weighted by Gasteiger charge is 2.31. The summed E-state index contributed by atoms with van der Waals surface area (Å²) in [5.41, 5.74) is 1.48. The van der Waals surface area contributed by atoms with E-state index in [1.165, 1.54) is 0 Å². The van der Waals surface area contributed by atoms with Crippen LogP contribution in [0.4, 0.5) is 5.69 Å². The van der Waals surface area contributed by atoms with Gasteiger partial charge < -0.3 is 14.7 Å². The number of carbonyl (C=O) groups is 3. The third-order valence-corrected chi connectivity index (χ3v) is 5.77. The number of ether oxygens (including phenoxy) is 1. The van der Waals surface area contributed by atoms with Gasteiger partial charge in [0.15, 0.2) is 0 Å². The van der Waals surface area contributed by atoms with Gasteiger partial charge in [-0.15, -0.1) is 0 Å². The Hall–Kier alpha value is -2.86. The number of rotatable bonds is 10. The van der Waals surface area contributed by atoms with E-state index in [1.54, 1.807) is 36.2 Å². The maximum atomic E-state index is 12.9. The Labute approximate surface area is 187 Å². The minimum absolute atomic E-state index is 0.158. The summed E-state index contributed by atoms with van der Waals surface area (Å²) in [4.78, 5) is 37.3. The van der Waals surface area contributed by atoms with E-state index in [9.17, 15) is 14.4 Å². The maximum Gasteiger partial charge on any atom is 0.317 e. The molecule has 2 aromatic carbocycles. The predicted octanol–water partition coefficient (Wildman–Crippen LogP) is 5.13. The van der Waals surface area contributed by atoms with E-state index >= 15 is 0 Å². The molecule has 7 heteroatoms. The van der Waals surface area contributed by atoms with E-state index in [-0.39, 0.29) is 5.91 Å². The Balaban J connectivity index is 2.20. The molecule has 0 fully saturated rings. The van der Waals surface area contributed by atoms with Gasteiger partial charge in [0.25, 0.3) is 5.91 Å². The van der Waals surface area contributed by atoms with Gasteiger partial charge in [-0.05, 0) is 61.6 Å². The van der Waals surface area contributed by atoms with Crippen LogP contribution in [-0.4, -0.2) is 35.6 Å². The second-order valence-electron chi connectivity index (χ2n) is 7.43. The topological polar surface area (TPSA) is 83.9 Å². The number of para-hydroxylation sites is 1. The molecule has 0 atom stereocenters. The molecule has 0 spiro atoms. The summed E-state index contributed by atoms with van der Waals surface area (Å²) in [5, 5.41) is 9.41. The fraction of sp³-hybridized carbons (Fsp3) is 0.375. The van der Waals surface area contributed by atoms with Crippen LogP contribution in [0.5, 0.6) is 0 Å². The average molecular weight is 446 g/mol. The van der Waals surface area contributed by atoms with Gasteiger partial charge in [-0.3, -0.25) is 14.4 Å². The number of esters is 1. The van der Waals surface area contributed by atoms with Crippen LogP contribution in [0, 0.1) is 0 Å². The van der Waals surface area contributed by atoms with Gasteiger partial charge in [0.2, 0.25) is 0 Å². The van der Waals surface area contributed by atoms with Gasteiger partial charge in [-0.1, -0.05) is 43.6 Å². The van der Waals surface area contributed by atoms with Gasteiger partial charge in [-0.2, -0.15) is 0 Å². The number of anilines is 1. The van der Waals surface area contributed by atoms with Crippen LogP contribution in [0.1, 0.15) is 55.5 Å². The summed E-state index contributed by atoms with van der Waals surface area (Å²) >= 11 is 5.92. The zero-order valence-electron chi connectivity index (χ0n) is 18.1. The van der Waals surface area contributed by atoms with Crippen molar-refractivity contribution in [3.8, 4) is 0 Å². The van der Waals surface area contributed by atoms with E-state index < -0.39 is 24.0 Å². The van der Waals surface area contributed by atoms with Crippen LogP contribution < -0.4 is 4.90 Å². The van der Waals surface area contributed by atoms with E-state index in [0.717, 1.165) is 11.3 Å². The Morgan fingerprint density at radius 1 is 1.03 bits per heavy atom. The molecule has 0 aromatic heterocycles.